The van der Waals surface area contributed by atoms with Gasteiger partial charge in [0.25, 0.3) is 0 Å². The quantitative estimate of drug-likeness (QED) is 0.896. The molecule has 2 aromatic heterocycles. The van der Waals surface area contributed by atoms with Gasteiger partial charge in [-0.3, -0.25) is 9.67 Å². The van der Waals surface area contributed by atoms with E-state index in [1.165, 1.54) is 16.7 Å². The van der Waals surface area contributed by atoms with E-state index in [9.17, 15) is 0 Å². The van der Waals surface area contributed by atoms with E-state index in [2.05, 4.69) is 48.4 Å². The molecule has 0 radical (unpaired) electrons. The van der Waals surface area contributed by atoms with E-state index >= 15 is 0 Å². The summed E-state index contributed by atoms with van der Waals surface area (Å²) in [7, 11) is 1.96. The van der Waals surface area contributed by atoms with E-state index in [0.717, 1.165) is 18.7 Å². The van der Waals surface area contributed by atoms with Crippen molar-refractivity contribution in [2.75, 3.05) is 6.54 Å². The lowest BCUT2D eigenvalue weighted by molar-refractivity contribution is 0.592. The molecule has 1 N–H and O–H groups in total. The summed E-state index contributed by atoms with van der Waals surface area (Å²) in [5.41, 5.74) is 4.78. The summed E-state index contributed by atoms with van der Waals surface area (Å²) in [6.07, 6.45) is 6.99. The van der Waals surface area contributed by atoms with Gasteiger partial charge in [-0.05, 0) is 44.0 Å². The van der Waals surface area contributed by atoms with Crippen LogP contribution in [0.4, 0.5) is 0 Å². The summed E-state index contributed by atoms with van der Waals surface area (Å²) < 4.78 is 1.87. The average molecular weight is 258 g/mol. The Morgan fingerprint density at radius 3 is 2.68 bits per heavy atom. The summed E-state index contributed by atoms with van der Waals surface area (Å²) in [5, 5.41) is 8.06. The molecule has 0 bridgehead atoms. The second-order valence-corrected chi connectivity index (χ2v) is 4.96. The lowest BCUT2D eigenvalue weighted by atomic mass is 9.97. The molecule has 0 aliphatic heterocycles. The van der Waals surface area contributed by atoms with Crippen LogP contribution in [-0.2, 0) is 7.05 Å². The Labute approximate surface area is 114 Å². The predicted molar refractivity (Wildman–Crippen MR) is 77.1 cm³/mol. The number of pyridine rings is 1. The molecular weight excluding hydrogens is 236 g/mol. The molecule has 0 fully saturated rings. The minimum Gasteiger partial charge on any atom is -0.306 e. The zero-order chi connectivity index (χ0) is 13.8. The Morgan fingerprint density at radius 2 is 2.11 bits per heavy atom. The topological polar surface area (TPSA) is 42.7 Å². The van der Waals surface area contributed by atoms with Crippen molar-refractivity contribution in [2.45, 2.75) is 33.2 Å². The zero-order valence-electron chi connectivity index (χ0n) is 12.1. The molecule has 1 atom stereocenters. The molecule has 2 aromatic rings. The monoisotopic (exact) mass is 258 g/mol. The van der Waals surface area contributed by atoms with Crippen molar-refractivity contribution in [1.29, 1.82) is 0 Å². The van der Waals surface area contributed by atoms with Gasteiger partial charge < -0.3 is 5.32 Å². The van der Waals surface area contributed by atoms with Crippen molar-refractivity contribution in [3.63, 3.8) is 0 Å². The largest absolute Gasteiger partial charge is 0.306 e. The van der Waals surface area contributed by atoms with Crippen LogP contribution in [0.2, 0.25) is 0 Å². The lowest BCUT2D eigenvalue weighted by Crippen LogP contribution is -2.24. The van der Waals surface area contributed by atoms with Crippen molar-refractivity contribution in [2.24, 2.45) is 7.05 Å². The van der Waals surface area contributed by atoms with Crippen LogP contribution in [0.3, 0.4) is 0 Å². The second kappa shape index (κ2) is 5.97. The average Bonchev–Trinajstić information content (AvgIpc) is 2.71. The highest BCUT2D eigenvalue weighted by atomic mass is 15.3. The molecule has 4 nitrogen and oxygen atoms in total. The fourth-order valence-corrected chi connectivity index (χ4v) is 2.36. The first-order chi connectivity index (χ1) is 9.13. The second-order valence-electron chi connectivity index (χ2n) is 4.96. The molecule has 0 spiro atoms. The molecule has 0 saturated heterocycles. The predicted octanol–water partition coefficient (Wildman–Crippen LogP) is 2.52. The molecular formula is C15H22N4. The van der Waals surface area contributed by atoms with Crippen LogP contribution in [0, 0.1) is 13.8 Å². The van der Waals surface area contributed by atoms with Crippen LogP contribution >= 0.6 is 0 Å². The van der Waals surface area contributed by atoms with Crippen LogP contribution in [0.15, 0.2) is 24.7 Å². The molecule has 19 heavy (non-hydrogen) atoms. The number of hydrogen-bond donors (Lipinski definition) is 1. The maximum atomic E-state index is 4.45. The Balaban J connectivity index is 2.41. The van der Waals surface area contributed by atoms with Crippen molar-refractivity contribution >= 4 is 0 Å². The standard InChI is InChI=1S/C15H22N4/c1-5-7-17-15(13-9-16-8-6-11(13)2)14-10-19(4)18-12(14)3/h6,8-10,15,17H,5,7H2,1-4H3. The van der Waals surface area contributed by atoms with Crippen LogP contribution in [0.5, 0.6) is 0 Å². The number of aromatic nitrogens is 3. The van der Waals surface area contributed by atoms with Gasteiger partial charge in [0, 0.05) is 31.2 Å². The Kier molecular flexibility index (Phi) is 4.32. The van der Waals surface area contributed by atoms with E-state index in [-0.39, 0.29) is 6.04 Å². The minimum absolute atomic E-state index is 0.169. The summed E-state index contributed by atoms with van der Waals surface area (Å²) >= 11 is 0. The van der Waals surface area contributed by atoms with Gasteiger partial charge in [0.1, 0.15) is 0 Å². The SMILES string of the molecule is CCCNC(c1cnccc1C)c1cn(C)nc1C. The maximum absolute atomic E-state index is 4.45. The molecule has 0 aromatic carbocycles. The lowest BCUT2D eigenvalue weighted by Gasteiger charge is -2.20. The highest BCUT2D eigenvalue weighted by Gasteiger charge is 2.19. The van der Waals surface area contributed by atoms with Crippen LogP contribution in [0.1, 0.15) is 41.8 Å². The summed E-state index contributed by atoms with van der Waals surface area (Å²) in [6, 6.07) is 2.23. The number of rotatable bonds is 5. The molecule has 102 valence electrons. The van der Waals surface area contributed by atoms with Gasteiger partial charge in [0.15, 0.2) is 0 Å². The third-order valence-electron chi connectivity index (χ3n) is 3.35. The Hall–Kier alpha value is -1.68. The fraction of sp³-hybridized carbons (Fsp3) is 0.467. The van der Waals surface area contributed by atoms with Crippen LogP contribution < -0.4 is 5.32 Å². The zero-order valence-corrected chi connectivity index (χ0v) is 12.1. The first-order valence-corrected chi connectivity index (χ1v) is 6.77. The van der Waals surface area contributed by atoms with Gasteiger partial charge in [-0.15, -0.1) is 0 Å². The number of aryl methyl sites for hydroxylation is 3. The van der Waals surface area contributed by atoms with Gasteiger partial charge in [-0.25, -0.2) is 0 Å². The van der Waals surface area contributed by atoms with Crippen molar-refractivity contribution in [3.05, 3.63) is 47.0 Å². The van der Waals surface area contributed by atoms with Crippen molar-refractivity contribution in [3.8, 4) is 0 Å². The summed E-state index contributed by atoms with van der Waals surface area (Å²) in [5.74, 6) is 0. The molecule has 0 saturated carbocycles. The van der Waals surface area contributed by atoms with Crippen LogP contribution in [0.25, 0.3) is 0 Å². The molecule has 0 amide bonds. The van der Waals surface area contributed by atoms with Crippen molar-refractivity contribution in [1.82, 2.24) is 20.1 Å². The summed E-state index contributed by atoms with van der Waals surface area (Å²) in [6.45, 7) is 7.34. The molecule has 2 rings (SSSR count). The van der Waals surface area contributed by atoms with Gasteiger partial charge in [0.2, 0.25) is 0 Å². The van der Waals surface area contributed by atoms with Gasteiger partial charge in [-0.1, -0.05) is 6.92 Å². The molecule has 4 heteroatoms. The van der Waals surface area contributed by atoms with Gasteiger partial charge in [0.05, 0.1) is 11.7 Å². The van der Waals surface area contributed by atoms with E-state index in [0.29, 0.717) is 0 Å². The molecule has 0 aliphatic rings. The number of nitrogens with one attached hydrogen (secondary N) is 1. The van der Waals surface area contributed by atoms with E-state index in [1.807, 2.05) is 24.1 Å². The van der Waals surface area contributed by atoms with Gasteiger partial charge >= 0.3 is 0 Å². The van der Waals surface area contributed by atoms with E-state index in [1.54, 1.807) is 0 Å². The smallest absolute Gasteiger partial charge is 0.0644 e. The van der Waals surface area contributed by atoms with Crippen LogP contribution in [-0.4, -0.2) is 21.3 Å². The molecule has 2 heterocycles. The highest BCUT2D eigenvalue weighted by Crippen LogP contribution is 2.26. The van der Waals surface area contributed by atoms with E-state index < -0.39 is 0 Å². The summed E-state index contributed by atoms with van der Waals surface area (Å²) in [4.78, 5) is 4.27. The normalized spacial score (nSPS) is 12.6. The third kappa shape index (κ3) is 3.01. The highest BCUT2D eigenvalue weighted by molar-refractivity contribution is 5.35. The third-order valence-corrected chi connectivity index (χ3v) is 3.35. The Bertz CT molecular complexity index is 545. The first kappa shape index (κ1) is 13.7. The Morgan fingerprint density at radius 1 is 1.32 bits per heavy atom. The minimum atomic E-state index is 0.169. The number of hydrogen-bond acceptors (Lipinski definition) is 3. The molecule has 0 aliphatic carbocycles. The van der Waals surface area contributed by atoms with Gasteiger partial charge in [-0.2, -0.15) is 5.10 Å². The first-order valence-electron chi connectivity index (χ1n) is 6.77. The maximum Gasteiger partial charge on any atom is 0.0644 e. The van der Waals surface area contributed by atoms with E-state index in [4.69, 9.17) is 0 Å². The van der Waals surface area contributed by atoms with Crippen molar-refractivity contribution < 1.29 is 0 Å². The molecule has 1 unspecified atom stereocenters. The fourth-order valence-electron chi connectivity index (χ4n) is 2.36. The number of nitrogens with zero attached hydrogens (tertiary/aromatic N) is 3.